The lowest BCUT2D eigenvalue weighted by molar-refractivity contribution is -0.128. The largest absolute Gasteiger partial charge is 0.380 e. The Bertz CT molecular complexity index is 862. The first-order chi connectivity index (χ1) is 12.5. The van der Waals surface area contributed by atoms with Crippen molar-refractivity contribution in [2.45, 2.75) is 31.8 Å². The van der Waals surface area contributed by atoms with Gasteiger partial charge in [-0.3, -0.25) is 4.79 Å². The molecular formula is C20H19Cl2N3O. The average Bonchev–Trinajstić information content (AvgIpc) is 2.91. The molecule has 0 aromatic heterocycles. The van der Waals surface area contributed by atoms with E-state index in [1.165, 1.54) is 0 Å². The Morgan fingerprint density at radius 3 is 2.65 bits per heavy atom. The van der Waals surface area contributed by atoms with Gasteiger partial charge >= 0.3 is 0 Å². The minimum Gasteiger partial charge on any atom is -0.380 e. The Kier molecular flexibility index (Phi) is 5.70. The maximum atomic E-state index is 12.4. The minimum absolute atomic E-state index is 0.00168. The van der Waals surface area contributed by atoms with Crippen LogP contribution in [0.3, 0.4) is 0 Å². The van der Waals surface area contributed by atoms with Gasteiger partial charge in [-0.15, -0.1) is 0 Å². The highest BCUT2D eigenvalue weighted by molar-refractivity contribution is 6.32. The van der Waals surface area contributed by atoms with Gasteiger partial charge in [0.15, 0.2) is 0 Å². The second-order valence-corrected chi connectivity index (χ2v) is 7.12. The van der Waals surface area contributed by atoms with E-state index in [4.69, 9.17) is 28.5 Å². The van der Waals surface area contributed by atoms with Crippen molar-refractivity contribution in [3.05, 3.63) is 63.6 Å². The first kappa shape index (κ1) is 18.6. The van der Waals surface area contributed by atoms with E-state index < -0.39 is 0 Å². The molecule has 26 heavy (non-hydrogen) atoms. The summed E-state index contributed by atoms with van der Waals surface area (Å²) in [5.74, 6) is 0.127. The summed E-state index contributed by atoms with van der Waals surface area (Å²) >= 11 is 12.4. The molecule has 1 N–H and O–H groups in total. The number of amides is 1. The standard InChI is InChI=1S/C20H19Cl2N3O/c1-2-25-19(9-13-5-3-4-6-16(13)21)18(11-20(25)26)24-15-8-7-14(12-23)17(22)10-15/h3-8,10,18-19,24H,2,9,11H2,1H3/t18-,19?/m0/s1. The Morgan fingerprint density at radius 1 is 1.23 bits per heavy atom. The van der Waals surface area contributed by atoms with Crippen LogP contribution in [0, 0.1) is 11.3 Å². The molecule has 1 unspecified atom stereocenters. The zero-order valence-corrected chi connectivity index (χ0v) is 15.9. The fourth-order valence-electron chi connectivity index (χ4n) is 3.45. The molecule has 6 heteroatoms. The fourth-order valence-corrected chi connectivity index (χ4v) is 3.89. The number of hydrogen-bond acceptors (Lipinski definition) is 3. The normalized spacial score (nSPS) is 19.5. The van der Waals surface area contributed by atoms with Crippen molar-refractivity contribution in [1.82, 2.24) is 4.90 Å². The molecule has 1 aliphatic heterocycles. The van der Waals surface area contributed by atoms with Gasteiger partial charge in [-0.05, 0) is 43.2 Å². The van der Waals surface area contributed by atoms with Crippen LogP contribution < -0.4 is 5.32 Å². The van der Waals surface area contributed by atoms with Gasteiger partial charge in [0.2, 0.25) is 5.91 Å². The lowest BCUT2D eigenvalue weighted by atomic mass is 9.99. The number of nitriles is 1. The number of hydrogen-bond donors (Lipinski definition) is 1. The third-order valence-corrected chi connectivity index (χ3v) is 5.43. The molecule has 2 aromatic rings. The third kappa shape index (κ3) is 3.80. The predicted octanol–water partition coefficient (Wildman–Crippen LogP) is 4.51. The highest BCUT2D eigenvalue weighted by Crippen LogP contribution is 2.29. The van der Waals surface area contributed by atoms with Crippen molar-refractivity contribution < 1.29 is 4.79 Å². The van der Waals surface area contributed by atoms with Gasteiger partial charge in [0.05, 0.1) is 22.7 Å². The second kappa shape index (κ2) is 7.99. The lowest BCUT2D eigenvalue weighted by Gasteiger charge is -2.28. The van der Waals surface area contributed by atoms with E-state index in [1.807, 2.05) is 42.2 Å². The molecular weight excluding hydrogens is 369 g/mol. The topological polar surface area (TPSA) is 56.1 Å². The number of nitrogens with zero attached hydrogens (tertiary/aromatic N) is 2. The average molecular weight is 388 g/mol. The first-order valence-corrected chi connectivity index (χ1v) is 9.28. The summed E-state index contributed by atoms with van der Waals surface area (Å²) in [5.41, 5.74) is 2.26. The summed E-state index contributed by atoms with van der Waals surface area (Å²) in [7, 11) is 0. The van der Waals surface area contributed by atoms with Crippen molar-refractivity contribution in [1.29, 1.82) is 5.26 Å². The summed E-state index contributed by atoms with van der Waals surface area (Å²) in [5, 5.41) is 13.5. The van der Waals surface area contributed by atoms with E-state index in [1.54, 1.807) is 12.1 Å². The van der Waals surface area contributed by atoms with Crippen LogP contribution in [-0.2, 0) is 11.2 Å². The highest BCUT2D eigenvalue weighted by Gasteiger charge is 2.39. The molecule has 1 aliphatic rings. The van der Waals surface area contributed by atoms with E-state index in [-0.39, 0.29) is 18.0 Å². The number of nitrogens with one attached hydrogen (secondary N) is 1. The number of halogens is 2. The fraction of sp³-hybridized carbons (Fsp3) is 0.300. The smallest absolute Gasteiger partial charge is 0.225 e. The van der Waals surface area contributed by atoms with Crippen LogP contribution in [0.5, 0.6) is 0 Å². The predicted molar refractivity (Wildman–Crippen MR) is 105 cm³/mol. The Hall–Kier alpha value is -2.22. The summed E-state index contributed by atoms with van der Waals surface area (Å²) in [6, 6.07) is 14.9. The van der Waals surface area contributed by atoms with E-state index in [0.29, 0.717) is 35.0 Å². The van der Waals surface area contributed by atoms with Gasteiger partial charge < -0.3 is 10.2 Å². The Labute approximate surface area is 163 Å². The molecule has 134 valence electrons. The Balaban J connectivity index is 1.84. The van der Waals surface area contributed by atoms with Gasteiger partial charge in [-0.25, -0.2) is 0 Å². The Morgan fingerprint density at radius 2 is 2.00 bits per heavy atom. The number of benzene rings is 2. The van der Waals surface area contributed by atoms with Crippen molar-refractivity contribution in [2.75, 3.05) is 11.9 Å². The van der Waals surface area contributed by atoms with Crippen LogP contribution in [0.15, 0.2) is 42.5 Å². The van der Waals surface area contributed by atoms with Gasteiger partial charge in [-0.2, -0.15) is 5.26 Å². The molecule has 1 heterocycles. The molecule has 0 aliphatic carbocycles. The number of carbonyl (C=O) groups excluding carboxylic acids is 1. The van der Waals surface area contributed by atoms with E-state index in [9.17, 15) is 4.79 Å². The van der Waals surface area contributed by atoms with Gasteiger partial charge in [-0.1, -0.05) is 41.4 Å². The number of anilines is 1. The summed E-state index contributed by atoms with van der Waals surface area (Å²) in [6.45, 7) is 2.64. The van der Waals surface area contributed by atoms with E-state index in [2.05, 4.69) is 11.4 Å². The van der Waals surface area contributed by atoms with Crippen LogP contribution in [0.25, 0.3) is 0 Å². The molecule has 2 aromatic carbocycles. The SMILES string of the molecule is CCN1C(=O)C[C@H](Nc2ccc(C#N)c(Cl)c2)C1Cc1ccccc1Cl. The molecule has 4 nitrogen and oxygen atoms in total. The van der Waals surface area contributed by atoms with Crippen molar-refractivity contribution in [2.24, 2.45) is 0 Å². The van der Waals surface area contributed by atoms with Gasteiger partial charge in [0.25, 0.3) is 0 Å². The van der Waals surface area contributed by atoms with Crippen LogP contribution in [0.2, 0.25) is 10.0 Å². The van der Waals surface area contributed by atoms with Gasteiger partial charge in [0, 0.05) is 23.7 Å². The van der Waals surface area contributed by atoms with Crippen LogP contribution in [-0.4, -0.2) is 29.4 Å². The maximum Gasteiger partial charge on any atom is 0.225 e. The van der Waals surface area contributed by atoms with Crippen LogP contribution in [0.4, 0.5) is 5.69 Å². The molecule has 1 fully saturated rings. The summed E-state index contributed by atoms with van der Waals surface area (Å²) in [4.78, 5) is 14.3. The summed E-state index contributed by atoms with van der Waals surface area (Å²) < 4.78 is 0. The van der Waals surface area contributed by atoms with Crippen molar-refractivity contribution >= 4 is 34.8 Å². The quantitative estimate of drug-likeness (QED) is 0.820. The van der Waals surface area contributed by atoms with E-state index in [0.717, 1.165) is 11.3 Å². The molecule has 1 saturated heterocycles. The van der Waals surface area contributed by atoms with Gasteiger partial charge in [0.1, 0.15) is 6.07 Å². The lowest BCUT2D eigenvalue weighted by Crippen LogP contribution is -2.41. The summed E-state index contributed by atoms with van der Waals surface area (Å²) in [6.07, 6.45) is 1.10. The molecule has 2 atom stereocenters. The molecule has 0 spiro atoms. The molecule has 0 saturated carbocycles. The highest BCUT2D eigenvalue weighted by atomic mass is 35.5. The van der Waals surface area contributed by atoms with E-state index >= 15 is 0 Å². The third-order valence-electron chi connectivity index (χ3n) is 4.75. The number of rotatable bonds is 5. The minimum atomic E-state index is -0.0530. The molecule has 3 rings (SSSR count). The molecule has 0 bridgehead atoms. The number of likely N-dealkylation sites (tertiary alicyclic amines) is 1. The zero-order valence-electron chi connectivity index (χ0n) is 14.4. The number of likely N-dealkylation sites (N-methyl/N-ethyl adjacent to an activating group) is 1. The second-order valence-electron chi connectivity index (χ2n) is 6.30. The van der Waals surface area contributed by atoms with Crippen molar-refractivity contribution in [3.63, 3.8) is 0 Å². The van der Waals surface area contributed by atoms with Crippen molar-refractivity contribution in [3.8, 4) is 6.07 Å². The monoisotopic (exact) mass is 387 g/mol. The van der Waals surface area contributed by atoms with Crippen LogP contribution in [0.1, 0.15) is 24.5 Å². The number of carbonyl (C=O) groups is 1. The molecule has 1 amide bonds. The zero-order chi connectivity index (χ0) is 18.7. The molecule has 0 radical (unpaired) electrons. The maximum absolute atomic E-state index is 12.4. The first-order valence-electron chi connectivity index (χ1n) is 8.52. The van der Waals surface area contributed by atoms with Crippen LogP contribution >= 0.6 is 23.2 Å².